The molecule has 2 atom stereocenters. The zero-order chi connectivity index (χ0) is 15.5. The SMILES string of the molecule is COC(=O)C(C)NP(=S)(Cl)Oc1cccc2ccccc12. The van der Waals surface area contributed by atoms with Crippen LogP contribution < -0.4 is 9.61 Å². The Hall–Kier alpha value is -1.13. The van der Waals surface area contributed by atoms with E-state index in [-0.39, 0.29) is 0 Å². The van der Waals surface area contributed by atoms with Gasteiger partial charge >= 0.3 is 5.97 Å². The van der Waals surface area contributed by atoms with Gasteiger partial charge in [0.05, 0.1) is 7.11 Å². The molecule has 21 heavy (non-hydrogen) atoms. The lowest BCUT2D eigenvalue weighted by Crippen LogP contribution is -2.32. The van der Waals surface area contributed by atoms with E-state index in [1.165, 1.54) is 7.11 Å². The van der Waals surface area contributed by atoms with E-state index >= 15 is 0 Å². The Balaban J connectivity index is 2.23. The van der Waals surface area contributed by atoms with Crippen molar-refractivity contribution in [3.8, 4) is 5.75 Å². The highest BCUT2D eigenvalue weighted by Gasteiger charge is 2.24. The fourth-order valence-electron chi connectivity index (χ4n) is 1.89. The van der Waals surface area contributed by atoms with Crippen molar-refractivity contribution in [1.29, 1.82) is 0 Å². The van der Waals surface area contributed by atoms with E-state index in [1.54, 1.807) is 13.0 Å². The van der Waals surface area contributed by atoms with Gasteiger partial charge in [-0.1, -0.05) is 36.4 Å². The van der Waals surface area contributed by atoms with Gasteiger partial charge in [0.25, 0.3) is 5.77 Å². The average molecular weight is 344 g/mol. The zero-order valence-electron chi connectivity index (χ0n) is 11.6. The number of rotatable bonds is 5. The number of benzene rings is 2. The molecule has 112 valence electrons. The molecule has 0 spiro atoms. The topological polar surface area (TPSA) is 47.6 Å². The van der Waals surface area contributed by atoms with Crippen LogP contribution in [0.5, 0.6) is 5.75 Å². The van der Waals surface area contributed by atoms with E-state index in [0.717, 1.165) is 10.8 Å². The lowest BCUT2D eigenvalue weighted by atomic mass is 10.1. The molecule has 0 aliphatic heterocycles. The number of hydrogen-bond acceptors (Lipinski definition) is 4. The van der Waals surface area contributed by atoms with Gasteiger partial charge in [0.1, 0.15) is 11.8 Å². The first kappa shape index (κ1) is 16.2. The predicted octanol–water partition coefficient (Wildman–Crippen LogP) is 3.83. The van der Waals surface area contributed by atoms with E-state index < -0.39 is 17.8 Å². The van der Waals surface area contributed by atoms with Crippen molar-refractivity contribution in [3.05, 3.63) is 42.5 Å². The normalized spacial score (nSPS) is 15.2. The summed E-state index contributed by atoms with van der Waals surface area (Å²) in [7, 11) is 1.31. The van der Waals surface area contributed by atoms with E-state index in [2.05, 4.69) is 9.82 Å². The second kappa shape index (κ2) is 6.75. The summed E-state index contributed by atoms with van der Waals surface area (Å²) in [5, 5.41) is 4.76. The third-order valence-electron chi connectivity index (χ3n) is 2.87. The van der Waals surface area contributed by atoms with Crippen LogP contribution in [0.1, 0.15) is 6.92 Å². The molecule has 0 heterocycles. The molecular formula is C14H15ClNO3PS. The van der Waals surface area contributed by atoms with Crippen LogP contribution in [-0.4, -0.2) is 19.1 Å². The smallest absolute Gasteiger partial charge is 0.323 e. The summed E-state index contributed by atoms with van der Waals surface area (Å²) in [5.41, 5.74) is 0. The van der Waals surface area contributed by atoms with E-state index in [4.69, 9.17) is 27.6 Å². The number of methoxy groups -OCH3 is 1. The molecule has 7 heteroatoms. The first-order valence-corrected chi connectivity index (χ1v) is 9.88. The van der Waals surface area contributed by atoms with Gasteiger partial charge in [-0.15, -0.1) is 0 Å². The predicted molar refractivity (Wildman–Crippen MR) is 89.3 cm³/mol. The Morgan fingerprint density at radius 1 is 1.29 bits per heavy atom. The Morgan fingerprint density at radius 3 is 2.67 bits per heavy atom. The molecule has 0 aliphatic rings. The van der Waals surface area contributed by atoms with Crippen molar-refractivity contribution in [2.75, 3.05) is 7.11 Å². The highest BCUT2D eigenvalue weighted by atomic mass is 35.7. The standard InChI is InChI=1S/C14H15ClNO3PS/c1-10(14(17)18-2)16-20(15,21)19-13-9-5-7-11-6-3-4-8-12(11)13/h3-10H,1-2H3,(H,16,21). The second-order valence-electron chi connectivity index (χ2n) is 4.42. The molecule has 2 aromatic carbocycles. The van der Waals surface area contributed by atoms with Crippen LogP contribution in [-0.2, 0) is 21.3 Å². The van der Waals surface area contributed by atoms with Crippen LogP contribution in [0.15, 0.2) is 42.5 Å². The van der Waals surface area contributed by atoms with Crippen molar-refractivity contribution in [2.45, 2.75) is 13.0 Å². The van der Waals surface area contributed by atoms with Crippen molar-refractivity contribution in [1.82, 2.24) is 5.09 Å². The first-order valence-electron chi connectivity index (χ1n) is 6.25. The highest BCUT2D eigenvalue weighted by molar-refractivity contribution is 8.23. The molecule has 0 radical (unpaired) electrons. The largest absolute Gasteiger partial charge is 0.468 e. The summed E-state index contributed by atoms with van der Waals surface area (Å²) in [4.78, 5) is 11.4. The van der Waals surface area contributed by atoms with Crippen LogP contribution in [0.4, 0.5) is 0 Å². The van der Waals surface area contributed by atoms with Crippen LogP contribution >= 0.6 is 17.0 Å². The molecule has 0 saturated carbocycles. The number of carbonyl (C=O) groups excluding carboxylic acids is 1. The minimum Gasteiger partial charge on any atom is -0.468 e. The number of halogens is 1. The summed E-state index contributed by atoms with van der Waals surface area (Å²) in [5.74, 6) is -2.73. The van der Waals surface area contributed by atoms with Gasteiger partial charge in [-0.05, 0) is 41.4 Å². The van der Waals surface area contributed by atoms with Gasteiger partial charge < -0.3 is 9.26 Å². The number of carbonyl (C=O) groups is 1. The van der Waals surface area contributed by atoms with Crippen LogP contribution in [0.3, 0.4) is 0 Å². The zero-order valence-corrected chi connectivity index (χ0v) is 14.0. The Bertz CT molecular complexity index is 704. The highest BCUT2D eigenvalue weighted by Crippen LogP contribution is 2.50. The van der Waals surface area contributed by atoms with Gasteiger partial charge in [0.2, 0.25) is 0 Å². The molecule has 0 saturated heterocycles. The molecule has 0 amide bonds. The number of ether oxygens (including phenoxy) is 1. The van der Waals surface area contributed by atoms with E-state index in [1.807, 2.05) is 36.4 Å². The number of nitrogens with one attached hydrogen (secondary N) is 1. The second-order valence-corrected chi connectivity index (χ2v) is 9.39. The molecular weight excluding hydrogens is 329 g/mol. The fourth-order valence-corrected chi connectivity index (χ4v) is 4.30. The summed E-state index contributed by atoms with van der Waals surface area (Å²) in [6.45, 7) is 1.63. The number of esters is 1. The summed E-state index contributed by atoms with van der Waals surface area (Å²) in [6.07, 6.45) is 0. The lowest BCUT2D eigenvalue weighted by Gasteiger charge is -2.21. The van der Waals surface area contributed by atoms with Gasteiger partial charge in [-0.3, -0.25) is 4.79 Å². The fraction of sp³-hybridized carbons (Fsp3) is 0.214. The molecule has 0 aromatic heterocycles. The van der Waals surface area contributed by atoms with Crippen LogP contribution in [0.2, 0.25) is 0 Å². The molecule has 0 bridgehead atoms. The number of hydrogen-bond donors (Lipinski definition) is 1. The third kappa shape index (κ3) is 4.17. The first-order chi connectivity index (χ1) is 9.93. The van der Waals surface area contributed by atoms with E-state index in [0.29, 0.717) is 5.75 Å². The quantitative estimate of drug-likeness (QED) is 0.660. The molecule has 1 N–H and O–H groups in total. The monoisotopic (exact) mass is 343 g/mol. The van der Waals surface area contributed by atoms with Gasteiger partial charge in [0.15, 0.2) is 0 Å². The van der Waals surface area contributed by atoms with Gasteiger partial charge in [0, 0.05) is 5.39 Å². The van der Waals surface area contributed by atoms with E-state index in [9.17, 15) is 4.79 Å². The Labute approximate surface area is 133 Å². The Morgan fingerprint density at radius 2 is 1.95 bits per heavy atom. The average Bonchev–Trinajstić information content (AvgIpc) is 2.46. The molecule has 0 aliphatic carbocycles. The van der Waals surface area contributed by atoms with Gasteiger partial charge in [-0.25, -0.2) is 5.09 Å². The maximum Gasteiger partial charge on any atom is 0.323 e. The molecule has 2 rings (SSSR count). The van der Waals surface area contributed by atoms with Crippen molar-refractivity contribution >= 4 is 45.6 Å². The lowest BCUT2D eigenvalue weighted by molar-refractivity contribution is -0.142. The van der Waals surface area contributed by atoms with Crippen molar-refractivity contribution < 1.29 is 14.1 Å². The summed E-state index contributed by atoms with van der Waals surface area (Å²) >= 11 is 11.5. The molecule has 2 unspecified atom stereocenters. The Kier molecular flexibility index (Phi) is 5.22. The maximum atomic E-state index is 11.4. The third-order valence-corrected chi connectivity index (χ3v) is 5.03. The summed E-state index contributed by atoms with van der Waals surface area (Å²) in [6, 6.07) is 12.8. The molecule has 0 fully saturated rings. The summed E-state index contributed by atoms with van der Waals surface area (Å²) < 4.78 is 10.4. The van der Waals surface area contributed by atoms with Crippen molar-refractivity contribution in [2.24, 2.45) is 0 Å². The van der Waals surface area contributed by atoms with Crippen LogP contribution in [0, 0.1) is 0 Å². The minimum absolute atomic E-state index is 0.439. The maximum absolute atomic E-state index is 11.4. The molecule has 4 nitrogen and oxygen atoms in total. The van der Waals surface area contributed by atoms with Crippen molar-refractivity contribution in [3.63, 3.8) is 0 Å². The van der Waals surface area contributed by atoms with Gasteiger partial charge in [-0.2, -0.15) is 0 Å². The molecule has 2 aromatic rings. The minimum atomic E-state index is -2.89. The number of fused-ring (bicyclic) bond motifs is 1. The van der Waals surface area contributed by atoms with Crippen LogP contribution in [0.25, 0.3) is 10.8 Å².